The lowest BCUT2D eigenvalue weighted by Gasteiger charge is -2.36. The van der Waals surface area contributed by atoms with Crippen LogP contribution in [-0.4, -0.2) is 77.1 Å². The first kappa shape index (κ1) is 21.0. The molecule has 2 aliphatic rings. The molecule has 2 fully saturated rings. The number of carbonyl (C=O) groups excluding carboxylic acids is 2. The van der Waals surface area contributed by atoms with Crippen LogP contribution in [0.5, 0.6) is 0 Å². The summed E-state index contributed by atoms with van der Waals surface area (Å²) in [6.07, 6.45) is 2.63. The zero-order valence-electron chi connectivity index (χ0n) is 17.5. The van der Waals surface area contributed by atoms with Crippen LogP contribution in [0.1, 0.15) is 60.8 Å². The molecule has 2 rings (SSSR count). The van der Waals surface area contributed by atoms with Crippen LogP contribution in [0.3, 0.4) is 0 Å². The van der Waals surface area contributed by atoms with E-state index in [-0.39, 0.29) is 12.0 Å². The minimum Gasteiger partial charge on any atom is -0.444 e. The van der Waals surface area contributed by atoms with Gasteiger partial charge in [-0.2, -0.15) is 0 Å². The SMILES string of the molecule is CC(C)[C@H](C)N(C(=O)CCN1CCN(C(=O)OC(C)(C)C)CC1)C1CC1. The normalized spacial score (nSPS) is 20.2. The molecule has 1 aliphatic heterocycles. The van der Waals surface area contributed by atoms with Gasteiger partial charge in [0.2, 0.25) is 5.91 Å². The standard InChI is InChI=1S/C20H37N3O3/c1-15(2)16(3)23(17-7-8-17)18(24)9-10-21-11-13-22(14-12-21)19(25)26-20(4,5)6/h15-17H,7-14H2,1-6H3/t16-/m0/s1. The molecular weight excluding hydrogens is 330 g/mol. The molecule has 1 atom stereocenters. The third-order valence-corrected chi connectivity index (χ3v) is 5.30. The van der Waals surface area contributed by atoms with Gasteiger partial charge in [0.25, 0.3) is 0 Å². The van der Waals surface area contributed by atoms with Gasteiger partial charge < -0.3 is 14.5 Å². The van der Waals surface area contributed by atoms with Crippen LogP contribution in [-0.2, 0) is 9.53 Å². The number of hydrogen-bond donors (Lipinski definition) is 0. The Morgan fingerprint density at radius 3 is 2.12 bits per heavy atom. The molecule has 0 unspecified atom stereocenters. The van der Waals surface area contributed by atoms with Crippen LogP contribution in [0.15, 0.2) is 0 Å². The lowest BCUT2D eigenvalue weighted by atomic mass is 10.0. The van der Waals surface area contributed by atoms with Gasteiger partial charge in [-0.05, 0) is 46.5 Å². The topological polar surface area (TPSA) is 53.1 Å². The van der Waals surface area contributed by atoms with Gasteiger partial charge >= 0.3 is 6.09 Å². The van der Waals surface area contributed by atoms with E-state index in [4.69, 9.17) is 4.74 Å². The van der Waals surface area contributed by atoms with Gasteiger partial charge in [0.05, 0.1) is 0 Å². The first-order valence-corrected chi connectivity index (χ1v) is 10.1. The van der Waals surface area contributed by atoms with Crippen molar-refractivity contribution >= 4 is 12.0 Å². The van der Waals surface area contributed by atoms with E-state index in [0.29, 0.717) is 37.5 Å². The fraction of sp³-hybridized carbons (Fsp3) is 0.900. The fourth-order valence-corrected chi connectivity index (χ4v) is 3.30. The van der Waals surface area contributed by atoms with Gasteiger partial charge in [-0.1, -0.05) is 13.8 Å². The van der Waals surface area contributed by atoms with Crippen LogP contribution >= 0.6 is 0 Å². The summed E-state index contributed by atoms with van der Waals surface area (Å²) in [6.45, 7) is 15.9. The van der Waals surface area contributed by atoms with E-state index in [9.17, 15) is 9.59 Å². The lowest BCUT2D eigenvalue weighted by Crippen LogP contribution is -2.51. The third-order valence-electron chi connectivity index (χ3n) is 5.30. The Morgan fingerprint density at radius 1 is 1.08 bits per heavy atom. The molecule has 1 saturated carbocycles. The smallest absolute Gasteiger partial charge is 0.410 e. The predicted molar refractivity (Wildman–Crippen MR) is 103 cm³/mol. The van der Waals surface area contributed by atoms with Gasteiger partial charge in [0.1, 0.15) is 5.60 Å². The number of amides is 2. The summed E-state index contributed by atoms with van der Waals surface area (Å²) in [5, 5.41) is 0. The Hall–Kier alpha value is -1.30. The number of nitrogens with zero attached hydrogens (tertiary/aromatic N) is 3. The molecule has 150 valence electrons. The second kappa shape index (κ2) is 8.59. The molecule has 0 bridgehead atoms. The monoisotopic (exact) mass is 367 g/mol. The van der Waals surface area contributed by atoms with E-state index in [1.54, 1.807) is 4.90 Å². The van der Waals surface area contributed by atoms with E-state index in [1.165, 1.54) is 0 Å². The van der Waals surface area contributed by atoms with Crippen molar-refractivity contribution in [3.8, 4) is 0 Å². The van der Waals surface area contributed by atoms with Crippen molar-refractivity contribution in [2.45, 2.75) is 78.5 Å². The lowest BCUT2D eigenvalue weighted by molar-refractivity contribution is -0.135. The Bertz CT molecular complexity index is 489. The Balaban J connectivity index is 1.75. The second-order valence-electron chi connectivity index (χ2n) is 9.08. The van der Waals surface area contributed by atoms with Crippen molar-refractivity contribution < 1.29 is 14.3 Å². The van der Waals surface area contributed by atoms with Crippen LogP contribution in [0.2, 0.25) is 0 Å². The van der Waals surface area contributed by atoms with Gasteiger partial charge in [-0.15, -0.1) is 0 Å². The van der Waals surface area contributed by atoms with Crippen molar-refractivity contribution in [3.05, 3.63) is 0 Å². The molecule has 1 saturated heterocycles. The van der Waals surface area contributed by atoms with Crippen molar-refractivity contribution in [1.29, 1.82) is 0 Å². The van der Waals surface area contributed by atoms with Crippen LogP contribution in [0.25, 0.3) is 0 Å². The van der Waals surface area contributed by atoms with Crippen LogP contribution in [0.4, 0.5) is 4.79 Å². The highest BCUT2D eigenvalue weighted by atomic mass is 16.6. The number of carbonyl (C=O) groups is 2. The van der Waals surface area contributed by atoms with Gasteiger partial charge in [0.15, 0.2) is 0 Å². The Morgan fingerprint density at radius 2 is 1.65 bits per heavy atom. The van der Waals surface area contributed by atoms with Crippen molar-refractivity contribution in [2.75, 3.05) is 32.7 Å². The van der Waals surface area contributed by atoms with E-state index < -0.39 is 5.60 Å². The molecule has 0 aromatic heterocycles. The molecule has 0 N–H and O–H groups in total. The molecule has 2 amide bonds. The maximum absolute atomic E-state index is 12.8. The van der Waals surface area contributed by atoms with Crippen molar-refractivity contribution in [3.63, 3.8) is 0 Å². The van der Waals surface area contributed by atoms with Gasteiger partial charge in [-0.3, -0.25) is 9.69 Å². The molecule has 0 radical (unpaired) electrons. The number of rotatable bonds is 6. The van der Waals surface area contributed by atoms with E-state index in [1.807, 2.05) is 20.8 Å². The van der Waals surface area contributed by atoms with Crippen LogP contribution in [0, 0.1) is 5.92 Å². The van der Waals surface area contributed by atoms with Crippen molar-refractivity contribution in [2.24, 2.45) is 5.92 Å². The zero-order chi connectivity index (χ0) is 19.5. The maximum Gasteiger partial charge on any atom is 0.410 e. The first-order valence-electron chi connectivity index (χ1n) is 10.1. The summed E-state index contributed by atoms with van der Waals surface area (Å²) in [5.41, 5.74) is -0.458. The van der Waals surface area contributed by atoms with E-state index in [2.05, 4.69) is 30.6 Å². The highest BCUT2D eigenvalue weighted by Gasteiger charge is 2.36. The molecule has 0 spiro atoms. The average molecular weight is 368 g/mol. The largest absolute Gasteiger partial charge is 0.444 e. The van der Waals surface area contributed by atoms with Gasteiger partial charge in [0, 0.05) is 51.2 Å². The zero-order valence-corrected chi connectivity index (χ0v) is 17.5. The van der Waals surface area contributed by atoms with Gasteiger partial charge in [-0.25, -0.2) is 4.79 Å². The summed E-state index contributed by atoms with van der Waals surface area (Å²) in [5.74, 6) is 0.764. The van der Waals surface area contributed by atoms with Crippen molar-refractivity contribution in [1.82, 2.24) is 14.7 Å². The molecule has 1 heterocycles. The van der Waals surface area contributed by atoms with Crippen LogP contribution < -0.4 is 0 Å². The van der Waals surface area contributed by atoms with E-state index >= 15 is 0 Å². The molecule has 6 heteroatoms. The van der Waals surface area contributed by atoms with E-state index in [0.717, 1.165) is 32.5 Å². The summed E-state index contributed by atoms with van der Waals surface area (Å²) < 4.78 is 5.43. The summed E-state index contributed by atoms with van der Waals surface area (Å²) >= 11 is 0. The number of hydrogen-bond acceptors (Lipinski definition) is 4. The molecule has 6 nitrogen and oxygen atoms in total. The molecule has 0 aromatic rings. The predicted octanol–water partition coefficient (Wildman–Crippen LogP) is 2.96. The average Bonchev–Trinajstić information content (AvgIpc) is 3.36. The minimum atomic E-state index is -0.458. The molecule has 26 heavy (non-hydrogen) atoms. The summed E-state index contributed by atoms with van der Waals surface area (Å²) in [7, 11) is 0. The summed E-state index contributed by atoms with van der Waals surface area (Å²) in [6, 6.07) is 0.767. The first-order chi connectivity index (χ1) is 12.1. The fourth-order valence-electron chi connectivity index (χ4n) is 3.30. The quantitative estimate of drug-likeness (QED) is 0.724. The Kier molecular flexibility index (Phi) is 6.94. The molecule has 1 aliphatic carbocycles. The maximum atomic E-state index is 12.8. The Labute approximate surface area is 158 Å². The number of piperazine rings is 1. The molecule has 0 aromatic carbocycles. The summed E-state index contributed by atoms with van der Waals surface area (Å²) in [4.78, 5) is 31.1. The highest BCUT2D eigenvalue weighted by molar-refractivity contribution is 5.77. The molecular formula is C20H37N3O3. The highest BCUT2D eigenvalue weighted by Crippen LogP contribution is 2.31. The second-order valence-corrected chi connectivity index (χ2v) is 9.08. The number of ether oxygens (including phenoxy) is 1. The minimum absolute atomic E-state index is 0.237. The third kappa shape index (κ3) is 6.15.